The molecule has 1 fully saturated rings. The van der Waals surface area contributed by atoms with Crippen molar-refractivity contribution in [1.29, 1.82) is 0 Å². The first kappa shape index (κ1) is 19.2. The lowest BCUT2D eigenvalue weighted by atomic mass is 10.2. The quantitative estimate of drug-likeness (QED) is 0.555. The Hall–Kier alpha value is -3.15. The minimum absolute atomic E-state index is 0.0780. The molecule has 10 nitrogen and oxygen atoms in total. The van der Waals surface area contributed by atoms with Gasteiger partial charge in [0.25, 0.3) is 0 Å². The van der Waals surface area contributed by atoms with E-state index in [4.69, 9.17) is 5.73 Å². The number of rotatable bonds is 4. The fourth-order valence-electron chi connectivity index (χ4n) is 3.25. The minimum atomic E-state index is -1.29. The summed E-state index contributed by atoms with van der Waals surface area (Å²) in [6.45, 7) is -0.314. The van der Waals surface area contributed by atoms with Gasteiger partial charge < -0.3 is 20.5 Å². The van der Waals surface area contributed by atoms with Crippen molar-refractivity contribution in [2.75, 3.05) is 17.6 Å². The van der Waals surface area contributed by atoms with Gasteiger partial charge in [0, 0.05) is 6.42 Å². The molecule has 150 valence electrons. The third kappa shape index (κ3) is 3.88. The van der Waals surface area contributed by atoms with E-state index in [1.54, 1.807) is 18.2 Å². The van der Waals surface area contributed by atoms with E-state index >= 15 is 0 Å². The number of likely N-dealkylation sites (tertiary alicyclic amines) is 1. The molecule has 4 rings (SSSR count). The molecule has 0 radical (unpaired) electrons. The fourth-order valence-corrected chi connectivity index (χ4v) is 3.59. The van der Waals surface area contributed by atoms with E-state index in [9.17, 15) is 14.0 Å². The third-order valence-corrected chi connectivity index (χ3v) is 5.02. The Morgan fingerprint density at radius 1 is 1.31 bits per heavy atom. The van der Waals surface area contributed by atoms with Gasteiger partial charge in [-0.1, -0.05) is 6.07 Å². The lowest BCUT2D eigenvalue weighted by Crippen LogP contribution is -2.44. The van der Waals surface area contributed by atoms with Gasteiger partial charge in [-0.05, 0) is 28.1 Å². The highest BCUT2D eigenvalue weighted by Gasteiger charge is 2.40. The lowest BCUT2D eigenvalue weighted by Gasteiger charge is -2.23. The van der Waals surface area contributed by atoms with Crippen LogP contribution in [0, 0.1) is 0 Å². The monoisotopic (exact) mass is 462 g/mol. The second-order valence-electron chi connectivity index (χ2n) is 6.53. The standard InChI is InChI=1S/C17H16BrFN8O2/c18-11-2-1-3-12(24-11)25-17(29)10-4-9(19)5-27(10)13(28)6-26-8-23-14-15(20)21-7-22-16(14)26/h1-3,7-10H,4-6H2,(H2,20,21,22)(H,24,25,29)/t9-,10-/m1/s1. The summed E-state index contributed by atoms with van der Waals surface area (Å²) in [5.74, 6) is -0.410. The molecule has 2 amide bonds. The number of alkyl halides is 1. The van der Waals surface area contributed by atoms with Crippen molar-refractivity contribution >= 4 is 50.5 Å². The highest BCUT2D eigenvalue weighted by atomic mass is 79.9. The number of nitrogens with two attached hydrogens (primary N) is 1. The predicted octanol–water partition coefficient (Wildman–Crippen LogP) is 1.14. The van der Waals surface area contributed by atoms with Gasteiger partial charge in [0.05, 0.1) is 12.9 Å². The number of nitrogen functional groups attached to an aromatic ring is 1. The molecule has 3 N–H and O–H groups in total. The maximum atomic E-state index is 14.1. The average molecular weight is 463 g/mol. The summed E-state index contributed by atoms with van der Waals surface area (Å²) < 4.78 is 16.1. The summed E-state index contributed by atoms with van der Waals surface area (Å²) in [5.41, 5.74) is 6.52. The fraction of sp³-hybridized carbons (Fsp3) is 0.294. The van der Waals surface area contributed by atoms with Crippen molar-refractivity contribution in [2.45, 2.75) is 25.2 Å². The van der Waals surface area contributed by atoms with Crippen molar-refractivity contribution in [3.05, 3.63) is 35.5 Å². The van der Waals surface area contributed by atoms with Crippen molar-refractivity contribution in [1.82, 2.24) is 29.4 Å². The van der Waals surface area contributed by atoms with Gasteiger partial charge in [-0.3, -0.25) is 9.59 Å². The molecule has 3 aromatic rings. The van der Waals surface area contributed by atoms with Gasteiger partial charge in [0.2, 0.25) is 11.8 Å². The van der Waals surface area contributed by atoms with Gasteiger partial charge in [0.1, 0.15) is 41.0 Å². The Balaban J connectivity index is 1.51. The Bertz CT molecular complexity index is 1090. The lowest BCUT2D eigenvalue weighted by molar-refractivity contribution is -0.137. The number of carbonyl (C=O) groups excluding carboxylic acids is 2. The predicted molar refractivity (Wildman–Crippen MR) is 105 cm³/mol. The molecule has 0 saturated carbocycles. The first-order valence-corrected chi connectivity index (χ1v) is 9.50. The second kappa shape index (κ2) is 7.70. The van der Waals surface area contributed by atoms with Crippen LogP contribution in [0.4, 0.5) is 16.0 Å². The van der Waals surface area contributed by atoms with Crippen LogP contribution < -0.4 is 11.1 Å². The van der Waals surface area contributed by atoms with E-state index in [-0.39, 0.29) is 25.3 Å². The molecule has 2 atom stereocenters. The van der Waals surface area contributed by atoms with Crippen LogP contribution >= 0.6 is 15.9 Å². The molecule has 0 spiro atoms. The van der Waals surface area contributed by atoms with Crippen molar-refractivity contribution in [3.63, 3.8) is 0 Å². The highest BCUT2D eigenvalue weighted by molar-refractivity contribution is 9.10. The Morgan fingerprint density at radius 2 is 2.14 bits per heavy atom. The normalized spacial score (nSPS) is 18.9. The van der Waals surface area contributed by atoms with E-state index in [1.807, 2.05) is 0 Å². The maximum absolute atomic E-state index is 14.1. The Morgan fingerprint density at radius 3 is 2.93 bits per heavy atom. The number of nitrogens with one attached hydrogen (secondary N) is 1. The van der Waals surface area contributed by atoms with Crippen molar-refractivity contribution < 1.29 is 14.0 Å². The van der Waals surface area contributed by atoms with Gasteiger partial charge in [-0.15, -0.1) is 0 Å². The number of halogens is 2. The second-order valence-corrected chi connectivity index (χ2v) is 7.35. The molecule has 1 aliphatic rings. The van der Waals surface area contributed by atoms with Crippen molar-refractivity contribution in [3.8, 4) is 0 Å². The first-order valence-electron chi connectivity index (χ1n) is 8.70. The number of pyridine rings is 1. The number of aromatic nitrogens is 5. The summed E-state index contributed by atoms with van der Waals surface area (Å²) >= 11 is 3.22. The molecule has 0 aliphatic carbocycles. The smallest absolute Gasteiger partial charge is 0.248 e. The molecule has 3 aromatic heterocycles. The zero-order valence-electron chi connectivity index (χ0n) is 15.0. The molecule has 0 aromatic carbocycles. The minimum Gasteiger partial charge on any atom is -0.382 e. The number of amides is 2. The number of hydrogen-bond acceptors (Lipinski definition) is 7. The van der Waals surface area contributed by atoms with E-state index in [0.29, 0.717) is 21.6 Å². The first-order chi connectivity index (χ1) is 13.9. The van der Waals surface area contributed by atoms with Crippen molar-refractivity contribution in [2.24, 2.45) is 0 Å². The van der Waals surface area contributed by atoms with E-state index < -0.39 is 24.0 Å². The van der Waals surface area contributed by atoms with Crippen LogP contribution in [0.25, 0.3) is 11.2 Å². The molecule has 0 bridgehead atoms. The molecule has 12 heteroatoms. The molecular formula is C17H16BrFN8O2. The molecular weight excluding hydrogens is 447 g/mol. The molecule has 1 saturated heterocycles. The third-order valence-electron chi connectivity index (χ3n) is 4.57. The van der Waals surface area contributed by atoms with Gasteiger partial charge >= 0.3 is 0 Å². The Labute approximate surface area is 172 Å². The average Bonchev–Trinajstić information content (AvgIpc) is 3.26. The number of imidazole rings is 1. The topological polar surface area (TPSA) is 132 Å². The molecule has 29 heavy (non-hydrogen) atoms. The van der Waals surface area contributed by atoms with Gasteiger partial charge in [-0.2, -0.15) is 0 Å². The number of anilines is 2. The maximum Gasteiger partial charge on any atom is 0.248 e. The van der Waals surface area contributed by atoms with Crippen LogP contribution in [-0.2, 0) is 16.1 Å². The van der Waals surface area contributed by atoms with E-state index in [2.05, 4.69) is 41.2 Å². The van der Waals surface area contributed by atoms with Gasteiger partial charge in [-0.25, -0.2) is 24.3 Å². The summed E-state index contributed by atoms with van der Waals surface area (Å²) in [6, 6.07) is 4.09. The van der Waals surface area contributed by atoms with Crippen LogP contribution in [-0.4, -0.2) is 60.0 Å². The summed E-state index contributed by atoms with van der Waals surface area (Å²) in [7, 11) is 0. The SMILES string of the molecule is Nc1ncnc2c1ncn2CC(=O)N1C[C@H](F)C[C@@H]1C(=O)Nc1cccc(Br)n1. The number of nitrogens with zero attached hydrogens (tertiary/aromatic N) is 6. The van der Waals surface area contributed by atoms with E-state index in [0.717, 1.165) is 0 Å². The molecule has 1 aliphatic heterocycles. The summed E-state index contributed by atoms with van der Waals surface area (Å²) in [5, 5.41) is 2.63. The van der Waals surface area contributed by atoms with Crippen LogP contribution in [0.3, 0.4) is 0 Å². The Kier molecular flexibility index (Phi) is 5.09. The number of hydrogen-bond donors (Lipinski definition) is 2. The molecule has 0 unspecified atom stereocenters. The van der Waals surface area contributed by atoms with Crippen LogP contribution in [0.1, 0.15) is 6.42 Å². The highest BCUT2D eigenvalue weighted by Crippen LogP contribution is 2.23. The van der Waals surface area contributed by atoms with E-state index in [1.165, 1.54) is 22.1 Å². The number of fused-ring (bicyclic) bond motifs is 1. The largest absolute Gasteiger partial charge is 0.382 e. The van der Waals surface area contributed by atoms with Crippen LogP contribution in [0.15, 0.2) is 35.5 Å². The zero-order chi connectivity index (χ0) is 20.5. The summed E-state index contributed by atoms with van der Waals surface area (Å²) in [4.78, 5) is 42.9. The zero-order valence-corrected chi connectivity index (χ0v) is 16.6. The van der Waals surface area contributed by atoms with Crippen LogP contribution in [0.5, 0.6) is 0 Å². The molecule has 4 heterocycles. The number of carbonyl (C=O) groups is 2. The summed E-state index contributed by atoms with van der Waals surface area (Å²) in [6.07, 6.45) is 1.32. The van der Waals surface area contributed by atoms with Gasteiger partial charge in [0.15, 0.2) is 11.5 Å². The van der Waals surface area contributed by atoms with Crippen LogP contribution in [0.2, 0.25) is 0 Å².